The first-order chi connectivity index (χ1) is 20.6. The number of carbonyl (C=O) groups excluding carboxylic acids is 1. The van der Waals surface area contributed by atoms with E-state index in [0.717, 1.165) is 25.7 Å². The maximum atomic E-state index is 11.8. The average molecular weight is 548 g/mol. The third kappa shape index (κ3) is 4.65. The summed E-state index contributed by atoms with van der Waals surface area (Å²) in [6.45, 7) is 4.49. The van der Waals surface area contributed by atoms with E-state index < -0.39 is 0 Å². The highest BCUT2D eigenvalue weighted by Crippen LogP contribution is 2.48. The molecule has 0 bridgehead atoms. The largest absolute Gasteiger partial charge is 0.356 e. The lowest BCUT2D eigenvalue weighted by atomic mass is 9.69. The molecule has 1 aliphatic rings. The van der Waals surface area contributed by atoms with Gasteiger partial charge in [-0.25, -0.2) is 0 Å². The van der Waals surface area contributed by atoms with Gasteiger partial charge in [-0.2, -0.15) is 0 Å². The summed E-state index contributed by atoms with van der Waals surface area (Å²) < 4.78 is 0. The monoisotopic (exact) mass is 547 g/mol. The van der Waals surface area contributed by atoms with Crippen molar-refractivity contribution < 1.29 is 4.79 Å². The number of nitrogens with one attached hydrogen (secondary N) is 1. The molecule has 0 spiro atoms. The van der Waals surface area contributed by atoms with Crippen LogP contribution in [0.1, 0.15) is 65.5 Å². The Labute approximate surface area is 248 Å². The van der Waals surface area contributed by atoms with E-state index in [9.17, 15) is 4.79 Å². The summed E-state index contributed by atoms with van der Waals surface area (Å²) >= 11 is 0. The second kappa shape index (κ2) is 11.1. The first-order valence-corrected chi connectivity index (χ1v) is 15.4. The molecular formula is C40H37NO. The van der Waals surface area contributed by atoms with Crippen LogP contribution in [0.25, 0.3) is 32.3 Å². The van der Waals surface area contributed by atoms with Crippen LogP contribution < -0.4 is 5.32 Å². The van der Waals surface area contributed by atoms with Gasteiger partial charge in [-0.3, -0.25) is 4.79 Å². The molecule has 0 fully saturated rings. The Morgan fingerprint density at radius 1 is 0.714 bits per heavy atom. The molecule has 6 aromatic carbocycles. The number of fused-ring (bicyclic) bond motifs is 6. The number of hydrogen-bond donors (Lipinski definition) is 1. The van der Waals surface area contributed by atoms with Gasteiger partial charge < -0.3 is 5.32 Å². The van der Waals surface area contributed by atoms with E-state index in [1.165, 1.54) is 65.7 Å². The minimum Gasteiger partial charge on any atom is -0.356 e. The van der Waals surface area contributed by atoms with Crippen LogP contribution in [0, 0.1) is 0 Å². The molecule has 0 heterocycles. The van der Waals surface area contributed by atoms with Gasteiger partial charge in [0.15, 0.2) is 0 Å². The van der Waals surface area contributed by atoms with Crippen molar-refractivity contribution in [1.82, 2.24) is 5.32 Å². The Bertz CT molecular complexity index is 1940. The predicted molar refractivity (Wildman–Crippen MR) is 177 cm³/mol. The molecule has 2 atom stereocenters. The highest BCUT2D eigenvalue weighted by atomic mass is 16.1. The molecule has 0 radical (unpaired) electrons. The first-order valence-electron chi connectivity index (χ1n) is 15.4. The maximum absolute atomic E-state index is 11.8. The van der Waals surface area contributed by atoms with Crippen LogP contribution in [0.2, 0.25) is 0 Å². The zero-order chi connectivity index (χ0) is 28.6. The summed E-state index contributed by atoms with van der Waals surface area (Å²) in [5.41, 5.74) is 8.53. The lowest BCUT2D eigenvalue weighted by Gasteiger charge is -2.35. The third-order valence-corrected chi connectivity index (χ3v) is 9.50. The molecule has 7 rings (SSSR count). The van der Waals surface area contributed by atoms with Gasteiger partial charge in [-0.15, -0.1) is 0 Å². The molecular weight excluding hydrogens is 510 g/mol. The highest BCUT2D eigenvalue weighted by molar-refractivity contribution is 6.10. The molecule has 1 aliphatic carbocycles. The third-order valence-electron chi connectivity index (χ3n) is 9.50. The summed E-state index contributed by atoms with van der Waals surface area (Å²) in [4.78, 5) is 11.8. The first kappa shape index (κ1) is 26.5. The Balaban J connectivity index is 1.45. The zero-order valence-corrected chi connectivity index (χ0v) is 24.5. The summed E-state index contributed by atoms with van der Waals surface area (Å²) in [7, 11) is 0. The van der Waals surface area contributed by atoms with Crippen molar-refractivity contribution in [2.45, 2.75) is 51.4 Å². The van der Waals surface area contributed by atoms with Crippen molar-refractivity contribution in [3.63, 3.8) is 0 Å². The molecule has 0 aromatic heterocycles. The molecule has 6 aromatic rings. The smallest absolute Gasteiger partial charge is 0.216 e. The Morgan fingerprint density at radius 2 is 1.43 bits per heavy atom. The fourth-order valence-corrected chi connectivity index (χ4v) is 7.52. The fraction of sp³-hybridized carbons (Fsp3) is 0.225. The Morgan fingerprint density at radius 3 is 2.26 bits per heavy atom. The van der Waals surface area contributed by atoms with E-state index in [1.807, 2.05) is 0 Å². The van der Waals surface area contributed by atoms with Crippen molar-refractivity contribution in [3.05, 3.63) is 143 Å². The van der Waals surface area contributed by atoms with Gasteiger partial charge in [-0.1, -0.05) is 116 Å². The number of amides is 1. The normalized spacial score (nSPS) is 16.5. The molecule has 2 nitrogen and oxygen atoms in total. The summed E-state index contributed by atoms with van der Waals surface area (Å²) in [6.07, 6.45) is 3.97. The van der Waals surface area contributed by atoms with Crippen molar-refractivity contribution in [3.8, 4) is 0 Å². The highest BCUT2D eigenvalue weighted by Gasteiger charge is 2.32. The molecule has 0 aliphatic heterocycles. The maximum Gasteiger partial charge on any atom is 0.216 e. The zero-order valence-electron chi connectivity index (χ0n) is 24.5. The van der Waals surface area contributed by atoms with Crippen molar-refractivity contribution in [2.24, 2.45) is 0 Å². The van der Waals surface area contributed by atoms with Crippen LogP contribution in [0.3, 0.4) is 0 Å². The van der Waals surface area contributed by atoms with Crippen LogP contribution in [0.15, 0.2) is 109 Å². The summed E-state index contributed by atoms with van der Waals surface area (Å²) in [5, 5.41) is 11.1. The van der Waals surface area contributed by atoms with Crippen LogP contribution in [-0.4, -0.2) is 12.5 Å². The molecule has 2 unspecified atom stereocenters. The molecule has 42 heavy (non-hydrogen) atoms. The molecule has 0 saturated carbocycles. The van der Waals surface area contributed by atoms with E-state index in [4.69, 9.17) is 0 Å². The summed E-state index contributed by atoms with van der Waals surface area (Å²) in [5.74, 6) is 0.730. The molecule has 1 N–H and O–H groups in total. The molecule has 208 valence electrons. The van der Waals surface area contributed by atoms with Gasteiger partial charge in [0.1, 0.15) is 0 Å². The lowest BCUT2D eigenvalue weighted by Crippen LogP contribution is -2.24. The van der Waals surface area contributed by atoms with Gasteiger partial charge in [0.05, 0.1) is 0 Å². The van der Waals surface area contributed by atoms with Crippen molar-refractivity contribution in [1.29, 1.82) is 0 Å². The minimum absolute atomic E-state index is 0.0221. The summed E-state index contributed by atoms with van der Waals surface area (Å²) in [6, 6.07) is 40.8. The van der Waals surface area contributed by atoms with Crippen molar-refractivity contribution >= 4 is 38.2 Å². The number of carbonyl (C=O) groups is 1. The minimum atomic E-state index is 0.0221. The molecule has 0 saturated heterocycles. The Kier molecular flexibility index (Phi) is 6.99. The average Bonchev–Trinajstić information content (AvgIpc) is 3.04. The molecule has 1 amide bonds. The van der Waals surface area contributed by atoms with Crippen molar-refractivity contribution in [2.75, 3.05) is 6.54 Å². The van der Waals surface area contributed by atoms with E-state index in [-0.39, 0.29) is 11.8 Å². The second-order valence-corrected chi connectivity index (χ2v) is 11.8. The topological polar surface area (TPSA) is 29.1 Å². The van der Waals surface area contributed by atoms with Gasteiger partial charge in [0.25, 0.3) is 0 Å². The van der Waals surface area contributed by atoms with E-state index in [0.29, 0.717) is 12.5 Å². The predicted octanol–water partition coefficient (Wildman–Crippen LogP) is 9.25. The van der Waals surface area contributed by atoms with Gasteiger partial charge in [0, 0.05) is 19.4 Å². The number of rotatable bonds is 6. The van der Waals surface area contributed by atoms with Crippen LogP contribution in [0.4, 0.5) is 0 Å². The van der Waals surface area contributed by atoms with Crippen LogP contribution in [-0.2, 0) is 24.1 Å². The molecule has 2 heteroatoms. The quantitative estimate of drug-likeness (QED) is 0.207. The Hall–Kier alpha value is -4.43. The van der Waals surface area contributed by atoms with Crippen LogP contribution >= 0.6 is 0 Å². The number of hydrogen-bond acceptors (Lipinski definition) is 1. The van der Waals surface area contributed by atoms with Crippen LogP contribution in [0.5, 0.6) is 0 Å². The SMILES string of the molecule is CCc1cccc2c1ccc1c3c(ccc12)C(c1ccc2ccccc2c1CCNC(C)=O)CC(c1ccccc1)C3. The van der Waals surface area contributed by atoms with Gasteiger partial charge in [0.2, 0.25) is 5.91 Å². The van der Waals surface area contributed by atoms with E-state index >= 15 is 0 Å². The fourth-order valence-electron chi connectivity index (χ4n) is 7.52. The van der Waals surface area contributed by atoms with Gasteiger partial charge in [-0.05, 0) is 97.3 Å². The van der Waals surface area contributed by atoms with E-state index in [2.05, 4.69) is 121 Å². The number of benzene rings is 6. The lowest BCUT2D eigenvalue weighted by molar-refractivity contribution is -0.118. The van der Waals surface area contributed by atoms with Gasteiger partial charge >= 0.3 is 0 Å². The van der Waals surface area contributed by atoms with E-state index in [1.54, 1.807) is 6.92 Å². The second-order valence-electron chi connectivity index (χ2n) is 11.8. The number of aryl methyl sites for hydroxylation is 1. The standard InChI is InChI=1S/C40H37NO/c1-3-27-13-9-15-33-32(27)18-19-36-34(33)20-21-37-39(24-30(25-40(36)37)28-10-5-4-6-11-28)35-17-16-29-12-7-8-14-31(29)38(35)22-23-41-26(2)42/h4-21,30,39H,3,22-25H2,1-2H3,(H,41,42).